The van der Waals surface area contributed by atoms with E-state index in [9.17, 15) is 14.7 Å². The Hall–Kier alpha value is -3.31. The summed E-state index contributed by atoms with van der Waals surface area (Å²) < 4.78 is 1.74. The standard InChI is InChI=1S/C25H29N5O3/c1-2-3-19(32)29-11-10-24(14-29)12-18(13-24)30-22(26)20(23(27)33)21(28-30)16-4-6-17(7-5-16)25(15-31)8-9-25/h4-7,18,31H,8-15,26H2,1H3,(H2,27,33). The van der Waals surface area contributed by atoms with Gasteiger partial charge in [-0.15, -0.1) is 0 Å². The van der Waals surface area contributed by atoms with Crippen LogP contribution in [0.1, 0.15) is 61.0 Å². The summed E-state index contributed by atoms with van der Waals surface area (Å²) in [6.07, 6.45) is 4.59. The number of hydrogen-bond acceptors (Lipinski definition) is 5. The molecule has 2 aliphatic carbocycles. The van der Waals surface area contributed by atoms with Crippen LogP contribution in [0.3, 0.4) is 0 Å². The Morgan fingerprint density at radius 1 is 1.21 bits per heavy atom. The first-order valence-electron chi connectivity index (χ1n) is 11.4. The van der Waals surface area contributed by atoms with E-state index in [0.29, 0.717) is 24.6 Å². The quantitative estimate of drug-likeness (QED) is 0.603. The molecule has 8 heteroatoms. The number of aliphatic hydroxyl groups is 1. The van der Waals surface area contributed by atoms with Crippen LogP contribution < -0.4 is 11.5 Å². The number of primary amides is 1. The highest BCUT2D eigenvalue weighted by atomic mass is 16.3. The number of nitrogens with zero attached hydrogens (tertiary/aromatic N) is 3. The molecule has 5 N–H and O–H groups in total. The number of nitrogen functional groups attached to an aromatic ring is 1. The monoisotopic (exact) mass is 447 g/mol. The predicted molar refractivity (Wildman–Crippen MR) is 124 cm³/mol. The van der Waals surface area contributed by atoms with Gasteiger partial charge in [-0.2, -0.15) is 5.10 Å². The molecule has 1 aromatic heterocycles. The maximum atomic E-state index is 12.3. The van der Waals surface area contributed by atoms with Gasteiger partial charge in [0.1, 0.15) is 17.1 Å². The summed E-state index contributed by atoms with van der Waals surface area (Å²) in [6.45, 7) is 3.22. The predicted octanol–water partition coefficient (Wildman–Crippen LogP) is 1.83. The zero-order chi connectivity index (χ0) is 23.4. The number of benzene rings is 1. The van der Waals surface area contributed by atoms with E-state index in [1.54, 1.807) is 11.6 Å². The van der Waals surface area contributed by atoms with Crippen LogP contribution in [-0.2, 0) is 10.2 Å². The van der Waals surface area contributed by atoms with E-state index in [1.165, 1.54) is 0 Å². The van der Waals surface area contributed by atoms with E-state index in [1.807, 2.05) is 29.2 Å². The first-order valence-corrected chi connectivity index (χ1v) is 11.4. The van der Waals surface area contributed by atoms with Crippen molar-refractivity contribution < 1.29 is 14.7 Å². The van der Waals surface area contributed by atoms with Gasteiger partial charge in [0.05, 0.1) is 12.6 Å². The summed E-state index contributed by atoms with van der Waals surface area (Å²) in [4.78, 5) is 26.2. The van der Waals surface area contributed by atoms with Gasteiger partial charge in [0.2, 0.25) is 0 Å². The molecule has 2 aromatic rings. The Morgan fingerprint density at radius 3 is 2.48 bits per heavy atom. The fourth-order valence-corrected chi connectivity index (χ4v) is 5.58. The van der Waals surface area contributed by atoms with Crippen LogP contribution in [0.4, 0.5) is 5.82 Å². The lowest BCUT2D eigenvalue weighted by Gasteiger charge is -2.45. The van der Waals surface area contributed by atoms with E-state index in [0.717, 1.165) is 43.2 Å². The van der Waals surface area contributed by atoms with Gasteiger partial charge in [0, 0.05) is 24.1 Å². The smallest absolute Gasteiger partial charge is 0.298 e. The molecule has 0 unspecified atom stereocenters. The van der Waals surface area contributed by atoms with Gasteiger partial charge in [-0.1, -0.05) is 30.2 Å². The van der Waals surface area contributed by atoms with Crippen molar-refractivity contribution in [3.63, 3.8) is 0 Å². The Morgan fingerprint density at radius 2 is 1.91 bits per heavy atom. The maximum absolute atomic E-state index is 12.3. The Labute approximate surface area is 192 Å². The van der Waals surface area contributed by atoms with Crippen molar-refractivity contribution in [3.8, 4) is 23.1 Å². The molecule has 1 saturated heterocycles. The summed E-state index contributed by atoms with van der Waals surface area (Å²) in [5.74, 6) is 4.87. The number of aliphatic hydroxyl groups excluding tert-OH is 1. The normalized spacial score (nSPS) is 24.8. The second kappa shape index (κ2) is 7.63. The molecule has 5 rings (SSSR count). The highest BCUT2D eigenvalue weighted by Crippen LogP contribution is 2.55. The van der Waals surface area contributed by atoms with Crippen LogP contribution in [0.15, 0.2) is 24.3 Å². The third-order valence-electron chi connectivity index (χ3n) is 7.76. The second-order valence-corrected chi connectivity index (χ2v) is 9.85. The third-order valence-corrected chi connectivity index (χ3v) is 7.76. The number of anilines is 1. The van der Waals surface area contributed by atoms with Crippen molar-refractivity contribution >= 4 is 17.6 Å². The van der Waals surface area contributed by atoms with E-state index < -0.39 is 5.91 Å². The van der Waals surface area contributed by atoms with Crippen molar-refractivity contribution in [3.05, 3.63) is 35.4 Å². The Bertz CT molecular complexity index is 1180. The van der Waals surface area contributed by atoms with Gasteiger partial charge in [-0.05, 0) is 55.9 Å². The van der Waals surface area contributed by atoms with E-state index in [-0.39, 0.29) is 34.9 Å². The van der Waals surface area contributed by atoms with Crippen LogP contribution in [0.2, 0.25) is 0 Å². The zero-order valence-electron chi connectivity index (χ0n) is 18.8. The lowest BCUT2D eigenvalue weighted by Crippen LogP contribution is -2.42. The molecule has 3 fully saturated rings. The van der Waals surface area contributed by atoms with Gasteiger partial charge in [0.15, 0.2) is 0 Å². The molecule has 33 heavy (non-hydrogen) atoms. The minimum absolute atomic E-state index is 0.0612. The fraction of sp³-hybridized carbons (Fsp3) is 0.480. The molecule has 3 aliphatic rings. The van der Waals surface area contributed by atoms with Crippen molar-refractivity contribution in [2.24, 2.45) is 11.1 Å². The molecular formula is C25H29N5O3. The first-order chi connectivity index (χ1) is 15.8. The molecular weight excluding hydrogens is 418 g/mol. The highest BCUT2D eigenvalue weighted by Gasteiger charge is 2.51. The minimum atomic E-state index is -0.600. The minimum Gasteiger partial charge on any atom is -0.395 e. The van der Waals surface area contributed by atoms with Crippen molar-refractivity contribution in [2.75, 3.05) is 25.4 Å². The molecule has 0 radical (unpaired) electrons. The largest absolute Gasteiger partial charge is 0.395 e. The van der Waals surface area contributed by atoms with Gasteiger partial charge in [-0.3, -0.25) is 9.59 Å². The third kappa shape index (κ3) is 3.47. The molecule has 2 amide bonds. The van der Waals surface area contributed by atoms with Gasteiger partial charge in [-0.25, -0.2) is 4.68 Å². The van der Waals surface area contributed by atoms with E-state index >= 15 is 0 Å². The molecule has 1 spiro atoms. The average molecular weight is 448 g/mol. The van der Waals surface area contributed by atoms with Gasteiger partial charge < -0.3 is 21.5 Å². The molecule has 8 nitrogen and oxygen atoms in total. The molecule has 172 valence electrons. The first kappa shape index (κ1) is 21.5. The van der Waals surface area contributed by atoms with Crippen molar-refractivity contribution in [2.45, 2.75) is 50.5 Å². The molecule has 0 atom stereocenters. The molecule has 2 saturated carbocycles. The Balaban J connectivity index is 1.37. The van der Waals surface area contributed by atoms with Crippen LogP contribution in [0.5, 0.6) is 0 Å². The second-order valence-electron chi connectivity index (χ2n) is 9.85. The lowest BCUT2D eigenvalue weighted by atomic mass is 9.65. The number of nitrogens with two attached hydrogens (primary N) is 2. The summed E-state index contributed by atoms with van der Waals surface area (Å²) in [5, 5.41) is 14.4. The van der Waals surface area contributed by atoms with E-state index in [4.69, 9.17) is 16.6 Å². The number of hydrogen-bond donors (Lipinski definition) is 3. The number of rotatable bonds is 5. The van der Waals surface area contributed by atoms with E-state index in [2.05, 4.69) is 11.8 Å². The van der Waals surface area contributed by atoms with Crippen LogP contribution >= 0.6 is 0 Å². The SMILES string of the molecule is CC#CC(=O)N1CCC2(CC(n3nc(-c4ccc(C5(CO)CC5)cc4)c(C(N)=O)c3N)C2)C1. The zero-order valence-corrected chi connectivity index (χ0v) is 18.8. The summed E-state index contributed by atoms with van der Waals surface area (Å²) >= 11 is 0. The molecule has 1 aliphatic heterocycles. The topological polar surface area (TPSA) is 127 Å². The van der Waals surface area contributed by atoms with Crippen molar-refractivity contribution in [1.29, 1.82) is 0 Å². The summed E-state index contributed by atoms with van der Waals surface area (Å²) in [7, 11) is 0. The fourth-order valence-electron chi connectivity index (χ4n) is 5.58. The molecule has 1 aromatic carbocycles. The highest BCUT2D eigenvalue weighted by molar-refractivity contribution is 6.03. The lowest BCUT2D eigenvalue weighted by molar-refractivity contribution is -0.125. The van der Waals surface area contributed by atoms with Crippen molar-refractivity contribution in [1.82, 2.24) is 14.7 Å². The molecule has 0 bridgehead atoms. The Kier molecular flexibility index (Phi) is 4.98. The number of carbonyl (C=O) groups is 2. The van der Waals surface area contributed by atoms with Crippen LogP contribution in [-0.4, -0.2) is 51.3 Å². The van der Waals surface area contributed by atoms with Crippen LogP contribution in [0, 0.1) is 17.3 Å². The van der Waals surface area contributed by atoms with Gasteiger partial charge in [0.25, 0.3) is 11.8 Å². The average Bonchev–Trinajstić information content (AvgIpc) is 3.32. The summed E-state index contributed by atoms with van der Waals surface area (Å²) in [5.41, 5.74) is 14.6. The number of amides is 2. The van der Waals surface area contributed by atoms with Gasteiger partial charge >= 0.3 is 0 Å². The number of aromatic nitrogens is 2. The maximum Gasteiger partial charge on any atom is 0.298 e. The number of likely N-dealkylation sites (tertiary alicyclic amines) is 1. The summed E-state index contributed by atoms with van der Waals surface area (Å²) in [6, 6.07) is 7.87. The van der Waals surface area contributed by atoms with Crippen LogP contribution in [0.25, 0.3) is 11.3 Å². The molecule has 2 heterocycles. The number of carbonyl (C=O) groups excluding carboxylic acids is 2.